The third-order valence-corrected chi connectivity index (χ3v) is 6.55. The Morgan fingerprint density at radius 3 is 2.22 bits per heavy atom. The molecule has 7 nitrogen and oxygen atoms in total. The largest absolute Gasteiger partial charge is 0.470 e. The molecule has 1 aliphatic heterocycles. The van der Waals surface area contributed by atoms with E-state index < -0.39 is 29.4 Å². The lowest BCUT2D eigenvalue weighted by Crippen LogP contribution is -2.39. The molecule has 198 valence electrons. The van der Waals surface area contributed by atoms with Gasteiger partial charge in [0.25, 0.3) is 11.8 Å². The van der Waals surface area contributed by atoms with Crippen LogP contribution in [0.1, 0.15) is 47.4 Å². The average molecular weight is 566 g/mol. The fourth-order valence-corrected chi connectivity index (χ4v) is 4.97. The van der Waals surface area contributed by atoms with E-state index in [0.717, 1.165) is 22.9 Å². The summed E-state index contributed by atoms with van der Waals surface area (Å²) in [4.78, 5) is 48.0. The van der Waals surface area contributed by atoms with E-state index in [9.17, 15) is 32.3 Å². The highest BCUT2D eigenvalue weighted by molar-refractivity contribution is 8.13. The second kappa shape index (κ2) is 15.9. The molecule has 2 aromatic rings. The summed E-state index contributed by atoms with van der Waals surface area (Å²) in [6.07, 6.45) is 1.33. The lowest BCUT2D eigenvalue weighted by atomic mass is 9.95. The Kier molecular flexibility index (Phi) is 14.1. The van der Waals surface area contributed by atoms with Crippen LogP contribution in [0.25, 0.3) is 10.8 Å². The number of ether oxygens (including phenoxy) is 1. The number of imide groups is 1. The monoisotopic (exact) mass is 565 g/mol. The first-order valence-corrected chi connectivity index (χ1v) is 13.3. The van der Waals surface area contributed by atoms with Crippen molar-refractivity contribution in [1.82, 2.24) is 5.06 Å². The summed E-state index contributed by atoms with van der Waals surface area (Å²) in [7, 11) is 3.25. The Hall–Kier alpha value is -2.06. The van der Waals surface area contributed by atoms with Crippen molar-refractivity contribution in [2.75, 3.05) is 25.7 Å². The number of carbonyl (C=O) groups is 4. The molecule has 0 aromatic heterocycles. The quantitative estimate of drug-likeness (QED) is 0.117. The number of amides is 2. The van der Waals surface area contributed by atoms with Gasteiger partial charge in [0.2, 0.25) is 0 Å². The number of hydrogen-bond donors (Lipinski definition) is 0. The van der Waals surface area contributed by atoms with Crippen LogP contribution >= 0.6 is 35.6 Å². The van der Waals surface area contributed by atoms with Crippen molar-refractivity contribution in [3.63, 3.8) is 0 Å². The van der Waals surface area contributed by atoms with E-state index in [1.807, 2.05) is 13.8 Å². The van der Waals surface area contributed by atoms with Gasteiger partial charge < -0.3 is 9.53 Å². The van der Waals surface area contributed by atoms with E-state index in [1.54, 1.807) is 32.4 Å². The van der Waals surface area contributed by atoms with Gasteiger partial charge in [-0.3, -0.25) is 14.4 Å². The zero-order chi connectivity index (χ0) is 27.3. The molecule has 2 amide bonds. The number of benzene rings is 2. The van der Waals surface area contributed by atoms with Crippen LogP contribution in [0.5, 0.6) is 0 Å². The molecule has 2 aromatic carbocycles. The molecule has 0 saturated carbocycles. The van der Waals surface area contributed by atoms with Gasteiger partial charge in [0.1, 0.15) is 18.3 Å². The second-order valence-electron chi connectivity index (χ2n) is 6.53. The number of carbonyl (C=O) groups excluding carboxylic acids is 4. The predicted molar refractivity (Wildman–Crippen MR) is 137 cm³/mol. The van der Waals surface area contributed by atoms with Gasteiger partial charge in [-0.15, -0.1) is 16.8 Å². The van der Waals surface area contributed by atoms with Crippen LogP contribution in [0, 0.1) is 0 Å². The Morgan fingerprint density at radius 1 is 1.03 bits per heavy atom. The van der Waals surface area contributed by atoms with Gasteiger partial charge in [-0.1, -0.05) is 37.7 Å². The van der Waals surface area contributed by atoms with Crippen molar-refractivity contribution < 1.29 is 41.4 Å². The Balaban J connectivity index is 0.00000120. The summed E-state index contributed by atoms with van der Waals surface area (Å²) in [5.74, 6) is -1.08. The molecule has 0 radical (unpaired) electrons. The predicted octanol–water partition coefficient (Wildman–Crippen LogP) is 6.16. The molecule has 0 saturated heterocycles. The number of halogens is 3. The number of rotatable bonds is 9. The molecule has 0 bridgehead atoms. The number of hydrogen-bond acceptors (Lipinski definition) is 9. The van der Waals surface area contributed by atoms with E-state index in [2.05, 4.69) is 9.02 Å². The van der Waals surface area contributed by atoms with Crippen LogP contribution in [0.3, 0.4) is 0 Å². The van der Waals surface area contributed by atoms with Crippen LogP contribution in [-0.2, 0) is 18.6 Å². The Morgan fingerprint density at radius 2 is 1.64 bits per heavy atom. The topological polar surface area (TPSA) is 90.0 Å². The van der Waals surface area contributed by atoms with Gasteiger partial charge in [0.15, 0.2) is 5.12 Å². The van der Waals surface area contributed by atoms with Gasteiger partial charge in [0.05, 0.1) is 11.1 Å². The summed E-state index contributed by atoms with van der Waals surface area (Å²) in [5, 5.41) is 0.992. The summed E-state index contributed by atoms with van der Waals surface area (Å²) in [5.41, 5.74) is -4.67. The number of hydroxylamine groups is 2. The molecule has 0 aliphatic carbocycles. The van der Waals surface area contributed by atoms with Crippen LogP contribution in [0.15, 0.2) is 35.2 Å². The number of nitrogens with zero attached hydrogens (tertiary/aromatic N) is 1. The van der Waals surface area contributed by atoms with Crippen LogP contribution < -0.4 is 0 Å². The minimum absolute atomic E-state index is 0.0441. The molecular formula is C23H26F3NO6S3. The minimum atomic E-state index is -4.78. The SMILES string of the molecule is CC.COC.O=CCCSC(=O)CCSc1ccc2c3c(cccc13)C(=O)N(OSC(F)(F)F)C2=O. The maximum atomic E-state index is 12.6. The fraction of sp³-hybridized carbons (Fsp3) is 0.391. The third-order valence-electron chi connectivity index (χ3n) is 4.10. The maximum absolute atomic E-state index is 12.6. The van der Waals surface area contributed by atoms with Crippen molar-refractivity contribution >= 4 is 69.6 Å². The lowest BCUT2D eigenvalue weighted by molar-refractivity contribution is -0.110. The minimum Gasteiger partial charge on any atom is -0.388 e. The number of thioether (sulfide) groups is 2. The van der Waals surface area contributed by atoms with Gasteiger partial charge >= 0.3 is 5.51 Å². The fourth-order valence-electron chi connectivity index (χ4n) is 2.86. The first-order valence-electron chi connectivity index (χ1n) is 10.6. The van der Waals surface area contributed by atoms with Gasteiger partial charge in [0, 0.05) is 48.8 Å². The first kappa shape index (κ1) is 32.0. The van der Waals surface area contributed by atoms with Crippen molar-refractivity contribution in [3.05, 3.63) is 41.5 Å². The molecule has 13 heteroatoms. The van der Waals surface area contributed by atoms with E-state index in [-0.39, 0.29) is 27.7 Å². The number of methoxy groups -OCH3 is 1. The molecule has 0 N–H and O–H groups in total. The molecule has 0 spiro atoms. The normalized spacial score (nSPS) is 12.5. The molecule has 1 heterocycles. The highest BCUT2D eigenvalue weighted by atomic mass is 32.2. The summed E-state index contributed by atoms with van der Waals surface area (Å²) in [6.45, 7) is 4.00. The highest BCUT2D eigenvalue weighted by Crippen LogP contribution is 2.39. The second-order valence-corrected chi connectivity index (χ2v) is 9.60. The van der Waals surface area contributed by atoms with E-state index in [0.29, 0.717) is 28.7 Å². The summed E-state index contributed by atoms with van der Waals surface area (Å²) >= 11 is 1.52. The third kappa shape index (κ3) is 9.11. The number of alkyl halides is 3. The van der Waals surface area contributed by atoms with E-state index in [4.69, 9.17) is 0 Å². The maximum Gasteiger partial charge on any atom is 0.470 e. The standard InChI is InChI=1S/C19H14F3NO5S3.C2H6O.C2H6/c20-19(21,22)31-28-23-17(26)12-4-1-3-11-14(6-5-13(16(11)12)18(23)27)29-10-7-15(25)30-9-2-8-24;1-3-2;1-2/h1,3-6,8H,2,7,9-10H2;1-2H3;1-2H3. The van der Waals surface area contributed by atoms with Crippen molar-refractivity contribution in [2.24, 2.45) is 0 Å². The van der Waals surface area contributed by atoms with Gasteiger partial charge in [-0.05, 0) is 23.6 Å². The van der Waals surface area contributed by atoms with Crippen molar-refractivity contribution in [2.45, 2.75) is 37.1 Å². The molecular weight excluding hydrogens is 539 g/mol. The van der Waals surface area contributed by atoms with E-state index >= 15 is 0 Å². The number of aldehydes is 1. The molecule has 0 unspecified atom stereocenters. The Labute approximate surface area is 220 Å². The Bertz CT molecular complexity index is 1040. The lowest BCUT2D eigenvalue weighted by Gasteiger charge is -2.25. The molecule has 3 rings (SSSR count). The average Bonchev–Trinajstić information content (AvgIpc) is 2.84. The zero-order valence-electron chi connectivity index (χ0n) is 20.0. The van der Waals surface area contributed by atoms with Crippen LogP contribution in [-0.4, -0.2) is 59.5 Å². The smallest absolute Gasteiger partial charge is 0.388 e. The van der Waals surface area contributed by atoms with Crippen molar-refractivity contribution in [3.8, 4) is 0 Å². The van der Waals surface area contributed by atoms with Gasteiger partial charge in [-0.2, -0.15) is 17.5 Å². The highest BCUT2D eigenvalue weighted by Gasteiger charge is 2.39. The summed E-state index contributed by atoms with van der Waals surface area (Å²) in [6, 6.07) is 7.73. The van der Waals surface area contributed by atoms with Crippen molar-refractivity contribution in [1.29, 1.82) is 0 Å². The molecule has 1 aliphatic rings. The summed E-state index contributed by atoms with van der Waals surface area (Å²) < 4.78 is 46.0. The van der Waals surface area contributed by atoms with Gasteiger partial charge in [-0.25, -0.2) is 0 Å². The molecule has 36 heavy (non-hydrogen) atoms. The molecule has 0 atom stereocenters. The molecule has 0 fully saturated rings. The zero-order valence-corrected chi connectivity index (χ0v) is 22.5. The van der Waals surface area contributed by atoms with Crippen LogP contribution in [0.2, 0.25) is 0 Å². The van der Waals surface area contributed by atoms with Crippen LogP contribution in [0.4, 0.5) is 13.2 Å². The van der Waals surface area contributed by atoms with E-state index in [1.165, 1.54) is 23.9 Å². The first-order chi connectivity index (χ1) is 17.1.